The molecule has 0 bridgehead atoms. The van der Waals surface area contributed by atoms with Crippen molar-refractivity contribution in [1.29, 1.82) is 0 Å². The van der Waals surface area contributed by atoms with Crippen molar-refractivity contribution in [2.75, 3.05) is 47.5 Å². The highest BCUT2D eigenvalue weighted by Crippen LogP contribution is 2.38. The summed E-state index contributed by atoms with van der Waals surface area (Å²) in [4.78, 5) is 16.6. The molecule has 0 radical (unpaired) electrons. The minimum atomic E-state index is -0.341. The van der Waals surface area contributed by atoms with Crippen molar-refractivity contribution in [1.82, 2.24) is 9.80 Å². The third-order valence-electron chi connectivity index (χ3n) is 4.88. The Kier molecular flexibility index (Phi) is 6.36. The number of halogens is 1. The van der Waals surface area contributed by atoms with Crippen molar-refractivity contribution in [2.24, 2.45) is 0 Å². The van der Waals surface area contributed by atoms with E-state index in [2.05, 4.69) is 4.90 Å². The zero-order valence-corrected chi connectivity index (χ0v) is 16.4. The van der Waals surface area contributed by atoms with Crippen LogP contribution in [0.2, 0.25) is 0 Å². The Labute approximate surface area is 164 Å². The molecule has 1 aliphatic rings. The summed E-state index contributed by atoms with van der Waals surface area (Å²) in [6.07, 6.45) is 0. The molecule has 0 N–H and O–H groups in total. The fourth-order valence-electron chi connectivity index (χ4n) is 3.37. The number of benzene rings is 2. The summed E-state index contributed by atoms with van der Waals surface area (Å²) in [5.41, 5.74) is 1.56. The smallest absolute Gasteiger partial charge is 0.253 e. The number of piperazine rings is 1. The Morgan fingerprint density at radius 2 is 1.50 bits per heavy atom. The maximum absolute atomic E-state index is 13.0. The lowest BCUT2D eigenvalue weighted by atomic mass is 10.1. The highest BCUT2D eigenvalue weighted by atomic mass is 19.1. The molecule has 0 aliphatic carbocycles. The van der Waals surface area contributed by atoms with Crippen molar-refractivity contribution >= 4 is 5.91 Å². The number of rotatable bonds is 6. The quantitative estimate of drug-likeness (QED) is 0.762. The zero-order valence-electron chi connectivity index (χ0n) is 16.4. The Hall–Kier alpha value is -2.80. The maximum Gasteiger partial charge on any atom is 0.253 e. The van der Waals surface area contributed by atoms with E-state index in [9.17, 15) is 9.18 Å². The first kappa shape index (κ1) is 19.9. The van der Waals surface area contributed by atoms with Gasteiger partial charge in [-0.05, 0) is 42.0 Å². The van der Waals surface area contributed by atoms with Crippen LogP contribution >= 0.6 is 0 Å². The predicted molar refractivity (Wildman–Crippen MR) is 104 cm³/mol. The highest BCUT2D eigenvalue weighted by Gasteiger charge is 2.23. The maximum atomic E-state index is 13.0. The zero-order chi connectivity index (χ0) is 20.1. The molecule has 0 atom stereocenters. The fourth-order valence-corrected chi connectivity index (χ4v) is 3.37. The molecule has 28 heavy (non-hydrogen) atoms. The highest BCUT2D eigenvalue weighted by molar-refractivity contribution is 5.94. The summed E-state index contributed by atoms with van der Waals surface area (Å²) in [5, 5.41) is 0. The van der Waals surface area contributed by atoms with E-state index >= 15 is 0 Å². The molecule has 1 saturated heterocycles. The van der Waals surface area contributed by atoms with Gasteiger partial charge in [0.2, 0.25) is 5.75 Å². The van der Waals surface area contributed by atoms with Crippen molar-refractivity contribution < 1.29 is 23.4 Å². The van der Waals surface area contributed by atoms with Crippen LogP contribution in [0.3, 0.4) is 0 Å². The number of methoxy groups -OCH3 is 3. The summed E-state index contributed by atoms with van der Waals surface area (Å²) in [6, 6.07) is 9.57. The van der Waals surface area contributed by atoms with E-state index in [-0.39, 0.29) is 11.7 Å². The first-order valence-electron chi connectivity index (χ1n) is 9.11. The van der Waals surface area contributed by atoms with Crippen LogP contribution in [-0.2, 0) is 6.54 Å². The van der Waals surface area contributed by atoms with Gasteiger partial charge in [-0.3, -0.25) is 9.69 Å². The second-order valence-corrected chi connectivity index (χ2v) is 6.61. The average molecular weight is 388 g/mol. The Morgan fingerprint density at radius 1 is 0.929 bits per heavy atom. The van der Waals surface area contributed by atoms with Crippen LogP contribution in [0.1, 0.15) is 15.9 Å². The molecular weight excluding hydrogens is 363 g/mol. The van der Waals surface area contributed by atoms with E-state index < -0.39 is 0 Å². The van der Waals surface area contributed by atoms with Gasteiger partial charge in [0.15, 0.2) is 11.5 Å². The first-order chi connectivity index (χ1) is 13.5. The van der Waals surface area contributed by atoms with Gasteiger partial charge in [0.1, 0.15) is 5.82 Å². The molecule has 3 rings (SSSR count). The van der Waals surface area contributed by atoms with Crippen LogP contribution in [0.5, 0.6) is 17.2 Å². The van der Waals surface area contributed by atoms with Crippen molar-refractivity contribution in [2.45, 2.75) is 6.54 Å². The first-order valence-corrected chi connectivity index (χ1v) is 9.11. The average Bonchev–Trinajstić information content (AvgIpc) is 2.73. The summed E-state index contributed by atoms with van der Waals surface area (Å²) in [5.74, 6) is 1.42. The summed E-state index contributed by atoms with van der Waals surface area (Å²) < 4.78 is 29.2. The Morgan fingerprint density at radius 3 is 2.00 bits per heavy atom. The molecule has 0 saturated carbocycles. The molecule has 1 heterocycles. The predicted octanol–water partition coefficient (Wildman–Crippen LogP) is 2.81. The lowest BCUT2D eigenvalue weighted by molar-refractivity contribution is 0.0628. The van der Waals surface area contributed by atoms with Crippen molar-refractivity contribution in [3.63, 3.8) is 0 Å². The fraction of sp³-hybridized carbons (Fsp3) is 0.381. The van der Waals surface area contributed by atoms with Crippen molar-refractivity contribution in [3.8, 4) is 17.2 Å². The van der Waals surface area contributed by atoms with Crippen LogP contribution in [0.4, 0.5) is 4.39 Å². The lowest BCUT2D eigenvalue weighted by Gasteiger charge is -2.35. The largest absolute Gasteiger partial charge is 0.493 e. The Balaban J connectivity index is 1.62. The van der Waals surface area contributed by atoms with Gasteiger partial charge in [-0.1, -0.05) is 0 Å². The summed E-state index contributed by atoms with van der Waals surface area (Å²) in [6.45, 7) is 3.48. The lowest BCUT2D eigenvalue weighted by Crippen LogP contribution is -2.48. The second kappa shape index (κ2) is 8.93. The van der Waals surface area contributed by atoms with Crippen LogP contribution in [0, 0.1) is 5.82 Å². The van der Waals surface area contributed by atoms with E-state index in [0.717, 1.165) is 25.2 Å². The molecule has 6 nitrogen and oxygen atoms in total. The van der Waals surface area contributed by atoms with E-state index in [1.165, 1.54) is 24.3 Å². The molecule has 0 aromatic heterocycles. The van der Waals surface area contributed by atoms with Gasteiger partial charge in [0.05, 0.1) is 21.3 Å². The van der Waals surface area contributed by atoms with E-state index in [4.69, 9.17) is 14.2 Å². The number of carbonyl (C=O) groups excluding carboxylic acids is 1. The number of hydrogen-bond donors (Lipinski definition) is 0. The normalized spacial score (nSPS) is 14.6. The number of amides is 1. The van der Waals surface area contributed by atoms with Crippen LogP contribution in [0.15, 0.2) is 36.4 Å². The van der Waals surface area contributed by atoms with Gasteiger partial charge < -0.3 is 19.1 Å². The molecule has 2 aromatic carbocycles. The monoisotopic (exact) mass is 388 g/mol. The number of nitrogens with zero attached hydrogens (tertiary/aromatic N) is 2. The molecule has 150 valence electrons. The molecule has 7 heteroatoms. The molecule has 0 spiro atoms. The summed E-state index contributed by atoms with van der Waals surface area (Å²) in [7, 11) is 4.78. The van der Waals surface area contributed by atoms with Crippen molar-refractivity contribution in [3.05, 3.63) is 53.3 Å². The van der Waals surface area contributed by atoms with E-state index in [1.807, 2.05) is 12.1 Å². The second-order valence-electron chi connectivity index (χ2n) is 6.61. The molecule has 1 amide bonds. The Bertz CT molecular complexity index is 793. The van der Waals surface area contributed by atoms with Crippen LogP contribution in [0.25, 0.3) is 0 Å². The van der Waals surface area contributed by atoms with Gasteiger partial charge in [0.25, 0.3) is 5.91 Å². The SMILES string of the molecule is COc1cc(CN2CCN(C(=O)c3ccc(F)cc3)CC2)cc(OC)c1OC. The van der Waals surface area contributed by atoms with Gasteiger partial charge in [-0.2, -0.15) is 0 Å². The van der Waals surface area contributed by atoms with Gasteiger partial charge in [-0.25, -0.2) is 4.39 Å². The van der Waals surface area contributed by atoms with Crippen LogP contribution in [-0.4, -0.2) is 63.2 Å². The third-order valence-corrected chi connectivity index (χ3v) is 4.88. The minimum absolute atomic E-state index is 0.0626. The number of hydrogen-bond acceptors (Lipinski definition) is 5. The third kappa shape index (κ3) is 4.36. The molecular formula is C21H25FN2O4. The van der Waals surface area contributed by atoms with Gasteiger partial charge in [0, 0.05) is 38.3 Å². The van der Waals surface area contributed by atoms with Gasteiger partial charge >= 0.3 is 0 Å². The standard InChI is InChI=1S/C21H25FN2O4/c1-26-18-12-15(13-19(27-2)20(18)28-3)14-23-8-10-24(11-9-23)21(25)16-4-6-17(22)7-5-16/h4-7,12-13H,8-11,14H2,1-3H3. The number of carbonyl (C=O) groups is 1. The molecule has 0 unspecified atom stereocenters. The molecule has 1 aliphatic heterocycles. The summed E-state index contributed by atoms with van der Waals surface area (Å²) >= 11 is 0. The number of ether oxygens (including phenoxy) is 3. The topological polar surface area (TPSA) is 51.2 Å². The molecule has 1 fully saturated rings. The van der Waals surface area contributed by atoms with E-state index in [1.54, 1.807) is 26.2 Å². The van der Waals surface area contributed by atoms with Crippen LogP contribution < -0.4 is 14.2 Å². The van der Waals surface area contributed by atoms with Gasteiger partial charge in [-0.15, -0.1) is 0 Å². The molecule has 2 aromatic rings. The van der Waals surface area contributed by atoms with E-state index in [0.29, 0.717) is 35.9 Å². The minimum Gasteiger partial charge on any atom is -0.493 e.